The third kappa shape index (κ3) is 4.35. The van der Waals surface area contributed by atoms with Crippen LogP contribution in [0.3, 0.4) is 0 Å². The number of nitrogens with zero attached hydrogens (tertiary/aromatic N) is 1. The van der Waals surface area contributed by atoms with Gasteiger partial charge < -0.3 is 18.8 Å². The number of ether oxygens (including phenoxy) is 2. The van der Waals surface area contributed by atoms with Crippen LogP contribution < -0.4 is 14.9 Å². The van der Waals surface area contributed by atoms with Crippen LogP contribution >= 0.6 is 0 Å². The second kappa shape index (κ2) is 9.73. The molecule has 2 heterocycles. The molecule has 0 aliphatic carbocycles. The third-order valence-corrected chi connectivity index (χ3v) is 6.73. The summed E-state index contributed by atoms with van der Waals surface area (Å²) in [6.07, 6.45) is 0. The van der Waals surface area contributed by atoms with Crippen molar-refractivity contribution in [2.24, 2.45) is 0 Å². The molecule has 1 amide bonds. The highest BCUT2D eigenvalue weighted by molar-refractivity contribution is 5.99. The Labute approximate surface area is 214 Å². The van der Waals surface area contributed by atoms with Crippen LogP contribution in [0.25, 0.3) is 11.0 Å². The van der Waals surface area contributed by atoms with Crippen LogP contribution in [-0.4, -0.2) is 24.0 Å². The van der Waals surface area contributed by atoms with Crippen molar-refractivity contribution in [3.8, 4) is 11.5 Å². The van der Waals surface area contributed by atoms with E-state index in [0.29, 0.717) is 41.2 Å². The van der Waals surface area contributed by atoms with Gasteiger partial charge >= 0.3 is 0 Å². The fraction of sp³-hybridized carbons (Fsp3) is 0.267. The minimum atomic E-state index is -0.718. The molecule has 1 atom stereocenters. The number of amides is 1. The van der Waals surface area contributed by atoms with Gasteiger partial charge in [0.15, 0.2) is 16.9 Å². The number of halogens is 1. The molecule has 0 saturated heterocycles. The second-order valence-electron chi connectivity index (χ2n) is 9.14. The number of carbonyl (C=O) groups excluding carboxylic acids is 1. The molecule has 190 valence electrons. The summed E-state index contributed by atoms with van der Waals surface area (Å²) in [6.45, 7) is 8.69. The average molecular weight is 502 g/mol. The van der Waals surface area contributed by atoms with E-state index in [1.807, 2.05) is 45.9 Å². The quantitative estimate of drug-likeness (QED) is 0.306. The fourth-order valence-corrected chi connectivity index (χ4v) is 4.81. The Morgan fingerprint density at radius 2 is 1.57 bits per heavy atom. The molecule has 1 aromatic heterocycles. The van der Waals surface area contributed by atoms with Gasteiger partial charge in [0, 0.05) is 6.54 Å². The lowest BCUT2D eigenvalue weighted by atomic mass is 9.97. The Balaban J connectivity index is 1.72. The van der Waals surface area contributed by atoms with Gasteiger partial charge in [-0.2, -0.15) is 0 Å². The van der Waals surface area contributed by atoms with Crippen molar-refractivity contribution < 1.29 is 23.1 Å². The summed E-state index contributed by atoms with van der Waals surface area (Å²) in [7, 11) is 0. The first kappa shape index (κ1) is 24.6. The Bertz CT molecular complexity index is 1560. The van der Waals surface area contributed by atoms with E-state index in [1.54, 1.807) is 29.2 Å². The zero-order chi connectivity index (χ0) is 26.3. The summed E-state index contributed by atoms with van der Waals surface area (Å²) >= 11 is 0. The number of carbonyl (C=O) groups is 1. The smallest absolute Gasteiger partial charge is 0.291 e. The van der Waals surface area contributed by atoms with E-state index in [4.69, 9.17) is 13.9 Å². The zero-order valence-corrected chi connectivity index (χ0v) is 21.3. The van der Waals surface area contributed by atoms with E-state index in [1.165, 1.54) is 12.1 Å². The van der Waals surface area contributed by atoms with Crippen molar-refractivity contribution in [3.05, 3.63) is 104 Å². The monoisotopic (exact) mass is 501 g/mol. The highest BCUT2D eigenvalue weighted by atomic mass is 19.1. The predicted octanol–water partition coefficient (Wildman–Crippen LogP) is 6.09. The van der Waals surface area contributed by atoms with Crippen LogP contribution in [0.4, 0.5) is 4.39 Å². The molecule has 3 aromatic carbocycles. The maximum Gasteiger partial charge on any atom is 0.291 e. The maximum atomic E-state index is 13.9. The first-order valence-electron chi connectivity index (χ1n) is 12.3. The molecule has 37 heavy (non-hydrogen) atoms. The number of hydrogen-bond acceptors (Lipinski definition) is 5. The summed E-state index contributed by atoms with van der Waals surface area (Å²) < 4.78 is 31.2. The van der Waals surface area contributed by atoms with E-state index in [9.17, 15) is 14.0 Å². The van der Waals surface area contributed by atoms with E-state index in [-0.39, 0.29) is 29.1 Å². The molecule has 1 aliphatic rings. The minimum Gasteiger partial charge on any atom is -0.490 e. The standard InChI is InChI=1S/C30H28FNO5/c1-5-35-23-12-9-20(15-25(23)36-6-2)27-26-28(33)22-13-17(3)18(4)14-24(22)37-29(26)30(34)32(27)16-19-7-10-21(31)11-8-19/h7-15,27H,5-6,16H2,1-4H3. The van der Waals surface area contributed by atoms with Crippen molar-refractivity contribution in [1.29, 1.82) is 0 Å². The van der Waals surface area contributed by atoms with Gasteiger partial charge in [0.2, 0.25) is 5.76 Å². The minimum absolute atomic E-state index is 0.0275. The van der Waals surface area contributed by atoms with Crippen LogP contribution in [0.5, 0.6) is 11.5 Å². The van der Waals surface area contributed by atoms with Gasteiger partial charge in [-0.3, -0.25) is 9.59 Å². The molecule has 0 radical (unpaired) electrons. The normalized spacial score (nSPS) is 14.8. The van der Waals surface area contributed by atoms with E-state index in [0.717, 1.165) is 16.7 Å². The number of hydrogen-bond donors (Lipinski definition) is 0. The lowest BCUT2D eigenvalue weighted by molar-refractivity contribution is 0.0714. The Morgan fingerprint density at radius 1 is 0.892 bits per heavy atom. The third-order valence-electron chi connectivity index (χ3n) is 6.73. The topological polar surface area (TPSA) is 69.0 Å². The van der Waals surface area contributed by atoms with E-state index < -0.39 is 11.9 Å². The van der Waals surface area contributed by atoms with Crippen molar-refractivity contribution in [3.63, 3.8) is 0 Å². The Kier molecular flexibility index (Phi) is 6.46. The Morgan fingerprint density at radius 3 is 2.27 bits per heavy atom. The molecular formula is C30H28FNO5. The van der Waals surface area contributed by atoms with E-state index in [2.05, 4.69) is 0 Å². The highest BCUT2D eigenvalue weighted by Crippen LogP contribution is 2.42. The van der Waals surface area contributed by atoms with Gasteiger partial charge in [0.1, 0.15) is 11.4 Å². The molecular weight excluding hydrogens is 473 g/mol. The van der Waals surface area contributed by atoms with Crippen LogP contribution in [0.2, 0.25) is 0 Å². The van der Waals surface area contributed by atoms with Crippen LogP contribution in [0, 0.1) is 19.7 Å². The van der Waals surface area contributed by atoms with Gasteiger partial charge in [-0.25, -0.2) is 4.39 Å². The summed E-state index contributed by atoms with van der Waals surface area (Å²) in [5.41, 5.74) is 3.77. The lowest BCUT2D eigenvalue weighted by Crippen LogP contribution is -2.29. The predicted molar refractivity (Wildman–Crippen MR) is 139 cm³/mol. The highest BCUT2D eigenvalue weighted by Gasteiger charge is 2.43. The first-order valence-corrected chi connectivity index (χ1v) is 12.3. The average Bonchev–Trinajstić information content (AvgIpc) is 3.15. The molecule has 4 aromatic rings. The summed E-state index contributed by atoms with van der Waals surface area (Å²) in [4.78, 5) is 29.2. The summed E-state index contributed by atoms with van der Waals surface area (Å²) in [5.74, 6) is 0.381. The number of benzene rings is 3. The molecule has 1 aliphatic heterocycles. The second-order valence-corrected chi connectivity index (χ2v) is 9.14. The van der Waals surface area contributed by atoms with Gasteiger partial charge in [0.05, 0.1) is 30.2 Å². The van der Waals surface area contributed by atoms with Gasteiger partial charge in [-0.1, -0.05) is 18.2 Å². The van der Waals surface area contributed by atoms with Crippen molar-refractivity contribution in [2.45, 2.75) is 40.3 Å². The molecule has 0 spiro atoms. The number of rotatable bonds is 7. The molecule has 5 rings (SSSR count). The SMILES string of the molecule is CCOc1ccc(C2c3c(oc4cc(C)c(C)cc4c3=O)C(=O)N2Cc2ccc(F)cc2)cc1OCC. The first-order chi connectivity index (χ1) is 17.8. The largest absolute Gasteiger partial charge is 0.490 e. The van der Waals surface area contributed by atoms with Crippen LogP contribution in [-0.2, 0) is 6.54 Å². The molecule has 1 unspecified atom stereocenters. The number of fused-ring (bicyclic) bond motifs is 2. The molecule has 0 N–H and O–H groups in total. The molecule has 0 saturated carbocycles. The molecule has 0 fully saturated rings. The maximum absolute atomic E-state index is 13.9. The molecule has 7 heteroatoms. The van der Waals surface area contributed by atoms with Crippen LogP contribution in [0.15, 0.2) is 63.8 Å². The number of aryl methyl sites for hydroxylation is 2. The molecule has 0 bridgehead atoms. The fourth-order valence-electron chi connectivity index (χ4n) is 4.81. The van der Waals surface area contributed by atoms with Gasteiger partial charge in [-0.15, -0.1) is 0 Å². The van der Waals surface area contributed by atoms with E-state index >= 15 is 0 Å². The van der Waals surface area contributed by atoms with Gasteiger partial charge in [0.25, 0.3) is 5.91 Å². The van der Waals surface area contributed by atoms with Crippen LogP contribution in [0.1, 0.15) is 58.3 Å². The summed E-state index contributed by atoms with van der Waals surface area (Å²) in [6, 6.07) is 14.3. The summed E-state index contributed by atoms with van der Waals surface area (Å²) in [5, 5.41) is 0.430. The zero-order valence-electron chi connectivity index (χ0n) is 21.3. The Hall–Kier alpha value is -4.13. The lowest BCUT2D eigenvalue weighted by Gasteiger charge is -2.26. The van der Waals surface area contributed by atoms with Crippen molar-refractivity contribution >= 4 is 16.9 Å². The van der Waals surface area contributed by atoms with Crippen molar-refractivity contribution in [2.75, 3.05) is 13.2 Å². The molecule has 6 nitrogen and oxygen atoms in total. The van der Waals surface area contributed by atoms with Crippen molar-refractivity contribution in [1.82, 2.24) is 4.90 Å². The van der Waals surface area contributed by atoms with Gasteiger partial charge in [-0.05, 0) is 86.3 Å².